The molecule has 6 nitrogen and oxygen atoms in total. The fourth-order valence-electron chi connectivity index (χ4n) is 2.74. The molecule has 2 aromatic carbocycles. The van der Waals surface area contributed by atoms with E-state index in [0.717, 1.165) is 22.5 Å². The number of aliphatic hydroxyl groups excluding tert-OH is 1. The zero-order valence-corrected chi connectivity index (χ0v) is 15.4. The zero-order valence-electron chi connectivity index (χ0n) is 14.6. The summed E-state index contributed by atoms with van der Waals surface area (Å²) >= 11 is 0. The van der Waals surface area contributed by atoms with Gasteiger partial charge in [-0.15, -0.1) is 0 Å². The number of benzene rings is 2. The van der Waals surface area contributed by atoms with Crippen LogP contribution in [0.3, 0.4) is 0 Å². The van der Waals surface area contributed by atoms with Gasteiger partial charge in [0.2, 0.25) is 10.0 Å². The summed E-state index contributed by atoms with van der Waals surface area (Å²) in [5.74, 6) is 0. The van der Waals surface area contributed by atoms with Crippen molar-refractivity contribution >= 4 is 10.0 Å². The van der Waals surface area contributed by atoms with Gasteiger partial charge in [0.1, 0.15) is 0 Å². The van der Waals surface area contributed by atoms with Crippen molar-refractivity contribution in [1.82, 2.24) is 9.78 Å². The minimum absolute atomic E-state index is 0.0505. The van der Waals surface area contributed by atoms with E-state index < -0.39 is 16.1 Å². The molecule has 0 radical (unpaired) electrons. The minimum atomic E-state index is -3.74. The largest absolute Gasteiger partial charge is 0.393 e. The Hall–Kier alpha value is -2.48. The molecule has 0 fully saturated rings. The molecule has 0 aliphatic heterocycles. The molecule has 1 atom stereocenters. The highest BCUT2D eigenvalue weighted by atomic mass is 32.2. The number of hydrogen-bond donors (Lipinski definition) is 2. The predicted octanol–water partition coefficient (Wildman–Crippen LogP) is 2.42. The topological polar surface area (TPSA) is 98.2 Å². The number of rotatable bonds is 5. The summed E-state index contributed by atoms with van der Waals surface area (Å²) in [6.07, 6.45) is -0.0739. The smallest absolute Gasteiger partial charge is 0.238 e. The van der Waals surface area contributed by atoms with Crippen LogP contribution in [0.1, 0.15) is 18.2 Å². The van der Waals surface area contributed by atoms with Gasteiger partial charge in [-0.05, 0) is 44.2 Å². The highest BCUT2D eigenvalue weighted by molar-refractivity contribution is 7.89. The van der Waals surface area contributed by atoms with Crippen molar-refractivity contribution in [2.24, 2.45) is 5.14 Å². The fraction of sp³-hybridized carbons (Fsp3) is 0.211. The number of primary sulfonamides is 1. The average molecular weight is 371 g/mol. The van der Waals surface area contributed by atoms with Crippen LogP contribution >= 0.6 is 0 Å². The Morgan fingerprint density at radius 3 is 2.27 bits per heavy atom. The third-order valence-corrected chi connectivity index (χ3v) is 4.95. The number of sulfonamides is 1. The first-order valence-corrected chi connectivity index (χ1v) is 9.76. The van der Waals surface area contributed by atoms with Gasteiger partial charge >= 0.3 is 0 Å². The Balaban J connectivity index is 2.09. The highest BCUT2D eigenvalue weighted by Crippen LogP contribution is 2.25. The van der Waals surface area contributed by atoms with Gasteiger partial charge in [0, 0.05) is 12.0 Å². The monoisotopic (exact) mass is 371 g/mol. The molecule has 0 aliphatic carbocycles. The summed E-state index contributed by atoms with van der Waals surface area (Å²) in [5.41, 5.74) is 4.47. The van der Waals surface area contributed by atoms with Crippen LogP contribution in [0, 0.1) is 6.92 Å². The SMILES string of the molecule is Cc1ccc(-c2cc(CC(C)O)nn2-c2ccc(S(N)(=O)=O)cc2)cc1. The second kappa shape index (κ2) is 7.03. The van der Waals surface area contributed by atoms with E-state index in [-0.39, 0.29) is 4.90 Å². The van der Waals surface area contributed by atoms with Gasteiger partial charge < -0.3 is 5.11 Å². The molecule has 0 spiro atoms. The van der Waals surface area contributed by atoms with E-state index in [4.69, 9.17) is 5.14 Å². The molecule has 7 heteroatoms. The maximum absolute atomic E-state index is 11.5. The van der Waals surface area contributed by atoms with Crippen LogP contribution in [0.15, 0.2) is 59.5 Å². The molecule has 0 saturated carbocycles. The van der Waals surface area contributed by atoms with Crippen LogP contribution in [0.5, 0.6) is 0 Å². The van der Waals surface area contributed by atoms with E-state index in [2.05, 4.69) is 5.10 Å². The van der Waals surface area contributed by atoms with Crippen molar-refractivity contribution in [2.45, 2.75) is 31.3 Å². The first-order chi connectivity index (χ1) is 12.2. The Morgan fingerprint density at radius 2 is 1.73 bits per heavy atom. The van der Waals surface area contributed by atoms with Crippen molar-refractivity contribution in [3.63, 3.8) is 0 Å². The lowest BCUT2D eigenvalue weighted by Gasteiger charge is -2.09. The van der Waals surface area contributed by atoms with E-state index >= 15 is 0 Å². The maximum Gasteiger partial charge on any atom is 0.238 e. The fourth-order valence-corrected chi connectivity index (χ4v) is 3.25. The quantitative estimate of drug-likeness (QED) is 0.719. The van der Waals surface area contributed by atoms with E-state index in [0.29, 0.717) is 12.1 Å². The van der Waals surface area contributed by atoms with Crippen molar-refractivity contribution in [3.05, 3.63) is 65.9 Å². The minimum Gasteiger partial charge on any atom is -0.393 e. The molecule has 0 aliphatic rings. The van der Waals surface area contributed by atoms with Crippen LogP contribution in [-0.4, -0.2) is 29.4 Å². The summed E-state index contributed by atoms with van der Waals surface area (Å²) in [7, 11) is -3.74. The highest BCUT2D eigenvalue weighted by Gasteiger charge is 2.14. The van der Waals surface area contributed by atoms with Crippen molar-refractivity contribution < 1.29 is 13.5 Å². The predicted molar refractivity (Wildman–Crippen MR) is 100 cm³/mol. The molecule has 3 N–H and O–H groups in total. The van der Waals surface area contributed by atoms with E-state index in [1.165, 1.54) is 12.1 Å². The third-order valence-electron chi connectivity index (χ3n) is 4.02. The molecular formula is C19H21N3O3S. The van der Waals surface area contributed by atoms with Gasteiger partial charge in [-0.1, -0.05) is 29.8 Å². The van der Waals surface area contributed by atoms with Crippen molar-refractivity contribution in [2.75, 3.05) is 0 Å². The number of nitrogens with zero attached hydrogens (tertiary/aromatic N) is 2. The molecule has 0 saturated heterocycles. The van der Waals surface area contributed by atoms with E-state index in [1.807, 2.05) is 37.3 Å². The number of aliphatic hydroxyl groups is 1. The molecule has 136 valence electrons. The number of nitrogens with two attached hydrogens (primary N) is 1. The number of aromatic nitrogens is 2. The molecule has 0 bridgehead atoms. The standard InChI is InChI=1S/C19H21N3O3S/c1-13-3-5-15(6-4-13)19-12-16(11-14(2)23)21-22(19)17-7-9-18(10-8-17)26(20,24)25/h3-10,12,14,23H,11H2,1-2H3,(H2,20,24,25). The van der Waals surface area contributed by atoms with E-state index in [9.17, 15) is 13.5 Å². The van der Waals surface area contributed by atoms with Gasteiger partial charge in [0.15, 0.2) is 0 Å². The zero-order chi connectivity index (χ0) is 18.9. The molecule has 26 heavy (non-hydrogen) atoms. The lowest BCUT2D eigenvalue weighted by atomic mass is 10.1. The summed E-state index contributed by atoms with van der Waals surface area (Å²) in [6, 6.07) is 16.2. The van der Waals surface area contributed by atoms with Crippen LogP contribution in [0.25, 0.3) is 16.9 Å². The molecular weight excluding hydrogens is 350 g/mol. The second-order valence-corrected chi connectivity index (χ2v) is 7.95. The molecule has 3 rings (SSSR count). The average Bonchev–Trinajstić information content (AvgIpc) is 2.98. The lowest BCUT2D eigenvalue weighted by Crippen LogP contribution is -2.12. The summed E-state index contributed by atoms with van der Waals surface area (Å²) in [6.45, 7) is 3.73. The molecule has 3 aromatic rings. The Morgan fingerprint density at radius 1 is 1.12 bits per heavy atom. The Bertz CT molecular complexity index is 1010. The van der Waals surface area contributed by atoms with E-state index in [1.54, 1.807) is 23.7 Å². The first-order valence-electron chi connectivity index (χ1n) is 8.21. The summed E-state index contributed by atoms with van der Waals surface area (Å²) in [4.78, 5) is 0.0505. The summed E-state index contributed by atoms with van der Waals surface area (Å²) in [5, 5.41) is 19.4. The maximum atomic E-state index is 11.5. The van der Waals surface area contributed by atoms with Gasteiger partial charge in [-0.25, -0.2) is 18.2 Å². The lowest BCUT2D eigenvalue weighted by molar-refractivity contribution is 0.194. The van der Waals surface area contributed by atoms with Crippen molar-refractivity contribution in [3.8, 4) is 16.9 Å². The van der Waals surface area contributed by atoms with Gasteiger partial charge in [0.05, 0.1) is 28.1 Å². The molecule has 1 heterocycles. The van der Waals surface area contributed by atoms with Crippen LogP contribution in [0.4, 0.5) is 0 Å². The normalized spacial score (nSPS) is 12.9. The Kier molecular flexibility index (Phi) is 4.95. The first kappa shape index (κ1) is 18.3. The van der Waals surface area contributed by atoms with Gasteiger partial charge in [0.25, 0.3) is 0 Å². The third kappa shape index (κ3) is 4.01. The molecule has 1 aromatic heterocycles. The van der Waals surface area contributed by atoms with Crippen molar-refractivity contribution in [1.29, 1.82) is 0 Å². The van der Waals surface area contributed by atoms with Gasteiger partial charge in [-0.3, -0.25) is 0 Å². The van der Waals surface area contributed by atoms with Crippen LogP contribution < -0.4 is 5.14 Å². The number of hydrogen-bond acceptors (Lipinski definition) is 4. The Labute approximate surface area is 153 Å². The van der Waals surface area contributed by atoms with Crippen LogP contribution in [-0.2, 0) is 16.4 Å². The summed E-state index contributed by atoms with van der Waals surface area (Å²) < 4.78 is 24.7. The number of aryl methyl sites for hydroxylation is 1. The second-order valence-electron chi connectivity index (χ2n) is 6.39. The molecule has 0 amide bonds. The van der Waals surface area contributed by atoms with Gasteiger partial charge in [-0.2, -0.15) is 5.10 Å². The molecule has 1 unspecified atom stereocenters. The van der Waals surface area contributed by atoms with Crippen LogP contribution in [0.2, 0.25) is 0 Å².